The normalized spacial score (nSPS) is 28.7. The molecule has 1 atom stereocenters. The van der Waals surface area contributed by atoms with E-state index in [1.54, 1.807) is 0 Å². The molecule has 112 valence electrons. The molecule has 0 bridgehead atoms. The molecule has 0 aliphatic carbocycles. The molecule has 0 saturated carbocycles. The van der Waals surface area contributed by atoms with Crippen LogP contribution in [-0.4, -0.2) is 79.4 Å². The predicted molar refractivity (Wildman–Crippen MR) is 77.9 cm³/mol. The van der Waals surface area contributed by atoms with E-state index in [2.05, 4.69) is 23.6 Å². The Morgan fingerprint density at radius 3 is 2.79 bits per heavy atom. The van der Waals surface area contributed by atoms with Crippen LogP contribution in [0.5, 0.6) is 0 Å². The molecule has 5 nitrogen and oxygen atoms in total. The van der Waals surface area contributed by atoms with Gasteiger partial charge in [-0.15, -0.1) is 0 Å². The van der Waals surface area contributed by atoms with Gasteiger partial charge in [0.1, 0.15) is 0 Å². The number of hydrogen-bond acceptors (Lipinski definition) is 5. The molecule has 0 spiro atoms. The Hall–Kier alpha value is -0.200. The molecule has 2 rings (SSSR count). The Morgan fingerprint density at radius 1 is 1.16 bits per heavy atom. The highest BCUT2D eigenvalue weighted by molar-refractivity contribution is 4.79. The van der Waals surface area contributed by atoms with Crippen LogP contribution in [0.2, 0.25) is 0 Å². The molecule has 2 fully saturated rings. The Bertz CT molecular complexity index is 262. The zero-order valence-corrected chi connectivity index (χ0v) is 12.6. The molecule has 0 aromatic carbocycles. The lowest BCUT2D eigenvalue weighted by Crippen LogP contribution is -2.50. The number of morpholine rings is 1. The van der Waals surface area contributed by atoms with Gasteiger partial charge in [0.15, 0.2) is 0 Å². The fourth-order valence-corrected chi connectivity index (χ4v) is 3.14. The van der Waals surface area contributed by atoms with Gasteiger partial charge < -0.3 is 9.64 Å². The van der Waals surface area contributed by atoms with Crippen LogP contribution in [0.1, 0.15) is 26.7 Å². The van der Waals surface area contributed by atoms with Crippen molar-refractivity contribution < 1.29 is 4.74 Å². The van der Waals surface area contributed by atoms with E-state index in [1.807, 2.05) is 5.01 Å². The van der Waals surface area contributed by atoms with E-state index in [0.29, 0.717) is 12.1 Å². The number of rotatable bonds is 4. The molecule has 2 saturated heterocycles. The number of nitrogens with zero attached hydrogens (tertiary/aromatic N) is 3. The van der Waals surface area contributed by atoms with Gasteiger partial charge in [-0.25, -0.2) is 5.01 Å². The molecule has 5 heteroatoms. The predicted octanol–water partition coefficient (Wildman–Crippen LogP) is 0.367. The molecule has 1 unspecified atom stereocenters. The molecular weight excluding hydrogens is 240 g/mol. The summed E-state index contributed by atoms with van der Waals surface area (Å²) in [5.74, 6) is 5.88. The first-order chi connectivity index (χ1) is 9.16. The van der Waals surface area contributed by atoms with Crippen LogP contribution in [0.4, 0.5) is 0 Å². The van der Waals surface area contributed by atoms with Crippen molar-refractivity contribution in [1.82, 2.24) is 14.8 Å². The van der Waals surface area contributed by atoms with Crippen molar-refractivity contribution >= 4 is 0 Å². The zero-order chi connectivity index (χ0) is 13.7. The highest BCUT2D eigenvalue weighted by atomic mass is 16.5. The number of hydrogen-bond donors (Lipinski definition) is 1. The summed E-state index contributed by atoms with van der Waals surface area (Å²) >= 11 is 0. The van der Waals surface area contributed by atoms with Crippen LogP contribution in [0.15, 0.2) is 0 Å². The van der Waals surface area contributed by atoms with E-state index < -0.39 is 0 Å². The van der Waals surface area contributed by atoms with E-state index in [-0.39, 0.29) is 0 Å². The van der Waals surface area contributed by atoms with Gasteiger partial charge in [0.2, 0.25) is 0 Å². The third kappa shape index (κ3) is 4.68. The lowest BCUT2D eigenvalue weighted by molar-refractivity contribution is -0.0276. The first kappa shape index (κ1) is 15.2. The van der Waals surface area contributed by atoms with Crippen LogP contribution in [0.3, 0.4) is 0 Å². The second-order valence-electron chi connectivity index (χ2n) is 6.08. The van der Waals surface area contributed by atoms with Crippen LogP contribution in [-0.2, 0) is 4.74 Å². The number of hydrazine groups is 1. The summed E-state index contributed by atoms with van der Waals surface area (Å²) in [4.78, 5) is 5.15. The van der Waals surface area contributed by atoms with Crippen molar-refractivity contribution in [2.45, 2.75) is 38.8 Å². The van der Waals surface area contributed by atoms with Crippen molar-refractivity contribution in [3.8, 4) is 0 Å². The second-order valence-corrected chi connectivity index (χ2v) is 6.08. The standard InChI is InChI=1S/C14H30N4O/c1-13(2)18-10-11-19-12-14(18)4-7-16-5-3-6-17(15)9-8-16/h13-14H,3-12,15H2,1-2H3. The minimum Gasteiger partial charge on any atom is -0.378 e. The number of nitrogens with two attached hydrogens (primary N) is 1. The summed E-state index contributed by atoms with van der Waals surface area (Å²) in [5.41, 5.74) is 0. The summed E-state index contributed by atoms with van der Waals surface area (Å²) in [7, 11) is 0. The van der Waals surface area contributed by atoms with Gasteiger partial charge >= 0.3 is 0 Å². The van der Waals surface area contributed by atoms with Gasteiger partial charge in [0.25, 0.3) is 0 Å². The minimum atomic E-state index is 0.589. The third-order valence-electron chi connectivity index (χ3n) is 4.34. The van der Waals surface area contributed by atoms with Crippen LogP contribution in [0, 0.1) is 0 Å². The van der Waals surface area contributed by atoms with E-state index >= 15 is 0 Å². The van der Waals surface area contributed by atoms with Crippen LogP contribution >= 0.6 is 0 Å². The molecule has 0 radical (unpaired) electrons. The van der Waals surface area contributed by atoms with Crippen molar-refractivity contribution in [3.05, 3.63) is 0 Å². The van der Waals surface area contributed by atoms with E-state index in [4.69, 9.17) is 10.6 Å². The first-order valence-corrected chi connectivity index (χ1v) is 7.72. The largest absolute Gasteiger partial charge is 0.378 e. The first-order valence-electron chi connectivity index (χ1n) is 7.72. The molecule has 0 aromatic rings. The zero-order valence-electron chi connectivity index (χ0n) is 12.6. The Labute approximate surface area is 117 Å². The lowest BCUT2D eigenvalue weighted by atomic mass is 10.1. The molecule has 0 amide bonds. The minimum absolute atomic E-state index is 0.589. The third-order valence-corrected chi connectivity index (χ3v) is 4.34. The quantitative estimate of drug-likeness (QED) is 0.748. The van der Waals surface area contributed by atoms with Crippen molar-refractivity contribution in [2.75, 3.05) is 52.5 Å². The van der Waals surface area contributed by atoms with Crippen molar-refractivity contribution in [3.63, 3.8) is 0 Å². The van der Waals surface area contributed by atoms with Gasteiger partial charge in [-0.05, 0) is 39.8 Å². The highest BCUT2D eigenvalue weighted by Gasteiger charge is 2.25. The maximum absolute atomic E-state index is 5.88. The molecule has 2 aliphatic heterocycles. The van der Waals surface area contributed by atoms with Crippen molar-refractivity contribution in [2.24, 2.45) is 5.84 Å². The molecular formula is C14H30N4O. The molecule has 2 aliphatic rings. The van der Waals surface area contributed by atoms with Crippen molar-refractivity contribution in [1.29, 1.82) is 0 Å². The van der Waals surface area contributed by atoms with Gasteiger partial charge in [-0.1, -0.05) is 0 Å². The average molecular weight is 270 g/mol. The number of ether oxygens (including phenoxy) is 1. The van der Waals surface area contributed by atoms with E-state index in [0.717, 1.165) is 39.4 Å². The van der Waals surface area contributed by atoms with Gasteiger partial charge in [-0.3, -0.25) is 10.7 Å². The van der Waals surface area contributed by atoms with Gasteiger partial charge in [-0.2, -0.15) is 0 Å². The lowest BCUT2D eigenvalue weighted by Gasteiger charge is -2.39. The fraction of sp³-hybridized carbons (Fsp3) is 1.00. The maximum Gasteiger partial charge on any atom is 0.0623 e. The van der Waals surface area contributed by atoms with Gasteiger partial charge in [0, 0.05) is 38.3 Å². The highest BCUT2D eigenvalue weighted by Crippen LogP contribution is 2.15. The van der Waals surface area contributed by atoms with E-state index in [9.17, 15) is 0 Å². The molecule has 0 aromatic heterocycles. The second kappa shape index (κ2) is 7.55. The monoisotopic (exact) mass is 270 g/mol. The summed E-state index contributed by atoms with van der Waals surface area (Å²) in [6.45, 7) is 12.9. The summed E-state index contributed by atoms with van der Waals surface area (Å²) in [5, 5.41) is 1.95. The average Bonchev–Trinajstić information content (AvgIpc) is 2.61. The Balaban J connectivity index is 1.76. The Morgan fingerprint density at radius 2 is 2.00 bits per heavy atom. The SMILES string of the molecule is CC(C)N1CCOCC1CCN1CCCN(N)CC1. The maximum atomic E-state index is 5.88. The van der Waals surface area contributed by atoms with E-state index in [1.165, 1.54) is 25.9 Å². The molecule has 2 N–H and O–H groups in total. The van der Waals surface area contributed by atoms with Crippen LogP contribution < -0.4 is 5.84 Å². The Kier molecular flexibility index (Phi) is 6.04. The molecule has 2 heterocycles. The summed E-state index contributed by atoms with van der Waals surface area (Å²) < 4.78 is 5.66. The summed E-state index contributed by atoms with van der Waals surface area (Å²) in [6.07, 6.45) is 2.40. The topological polar surface area (TPSA) is 45.0 Å². The smallest absolute Gasteiger partial charge is 0.0623 e. The van der Waals surface area contributed by atoms with Gasteiger partial charge in [0.05, 0.1) is 13.2 Å². The fourth-order valence-electron chi connectivity index (χ4n) is 3.14. The van der Waals surface area contributed by atoms with Crippen LogP contribution in [0.25, 0.3) is 0 Å². The molecule has 19 heavy (non-hydrogen) atoms. The summed E-state index contributed by atoms with van der Waals surface area (Å²) in [6, 6.07) is 1.21.